The predicted octanol–water partition coefficient (Wildman–Crippen LogP) is 2.07. The van der Waals surface area contributed by atoms with Gasteiger partial charge >= 0.3 is 6.09 Å². The van der Waals surface area contributed by atoms with E-state index >= 15 is 0 Å². The van der Waals surface area contributed by atoms with Crippen molar-refractivity contribution in [3.63, 3.8) is 0 Å². The lowest BCUT2D eigenvalue weighted by Gasteiger charge is -2.24. The molecule has 1 amide bonds. The molecule has 0 aliphatic heterocycles. The van der Waals surface area contributed by atoms with Crippen molar-refractivity contribution in [1.82, 2.24) is 5.32 Å². The van der Waals surface area contributed by atoms with Gasteiger partial charge in [0.15, 0.2) is 9.84 Å². The number of ether oxygens (including phenoxy) is 1. The number of sulfone groups is 1. The van der Waals surface area contributed by atoms with Gasteiger partial charge in [0.25, 0.3) is 0 Å². The van der Waals surface area contributed by atoms with E-state index in [1.807, 2.05) is 0 Å². The molecule has 0 radical (unpaired) electrons. The van der Waals surface area contributed by atoms with Crippen LogP contribution in [-0.4, -0.2) is 43.7 Å². The first kappa shape index (κ1) is 19.0. The second kappa shape index (κ2) is 6.20. The van der Waals surface area contributed by atoms with Gasteiger partial charge in [0.05, 0.1) is 10.8 Å². The first-order chi connectivity index (χ1) is 10.9. The van der Waals surface area contributed by atoms with E-state index in [1.54, 1.807) is 45.0 Å². The fourth-order valence-electron chi connectivity index (χ4n) is 3.14. The molecule has 0 saturated heterocycles. The van der Waals surface area contributed by atoms with Crippen molar-refractivity contribution in [2.45, 2.75) is 43.1 Å². The molecule has 1 saturated carbocycles. The molecule has 1 aromatic rings. The predicted molar refractivity (Wildman–Crippen MR) is 94.0 cm³/mol. The maximum absolute atomic E-state index is 12.2. The normalized spacial score (nSPS) is 26.8. The van der Waals surface area contributed by atoms with Crippen molar-refractivity contribution in [2.24, 2.45) is 5.73 Å². The molecule has 1 aliphatic rings. The summed E-state index contributed by atoms with van der Waals surface area (Å²) in [6.45, 7) is 5.17. The third kappa shape index (κ3) is 3.84. The summed E-state index contributed by atoms with van der Waals surface area (Å²) in [4.78, 5) is 12.2. The monoisotopic (exact) mass is 374 g/mol. The van der Waals surface area contributed by atoms with Crippen LogP contribution in [0.1, 0.15) is 32.3 Å². The van der Waals surface area contributed by atoms with Crippen LogP contribution in [0.3, 0.4) is 0 Å². The van der Waals surface area contributed by atoms with Gasteiger partial charge in [-0.2, -0.15) is 0 Å². The molecule has 24 heavy (non-hydrogen) atoms. The summed E-state index contributed by atoms with van der Waals surface area (Å²) in [6, 6.07) is 6.92. The lowest BCUT2D eigenvalue weighted by atomic mass is 10.1. The Morgan fingerprint density at radius 3 is 2.50 bits per heavy atom. The van der Waals surface area contributed by atoms with Crippen LogP contribution in [-0.2, 0) is 14.6 Å². The number of carbonyl (C=O) groups excluding carboxylic acids is 1. The number of rotatable bonds is 4. The maximum Gasteiger partial charge on any atom is 0.408 e. The molecule has 2 rings (SSSR count). The minimum absolute atomic E-state index is 0.0266. The van der Waals surface area contributed by atoms with Gasteiger partial charge in [-0.1, -0.05) is 23.7 Å². The van der Waals surface area contributed by atoms with Crippen LogP contribution in [0, 0.1) is 0 Å². The van der Waals surface area contributed by atoms with E-state index in [2.05, 4.69) is 5.32 Å². The molecule has 0 spiro atoms. The fraction of sp³-hybridized carbons (Fsp3) is 0.562. The number of nitrogens with two attached hydrogens (primary N) is 1. The molecule has 134 valence electrons. The first-order valence-electron chi connectivity index (χ1n) is 7.56. The third-order valence-corrected chi connectivity index (χ3v) is 5.85. The van der Waals surface area contributed by atoms with Gasteiger partial charge in [0.2, 0.25) is 0 Å². The van der Waals surface area contributed by atoms with E-state index in [-0.39, 0.29) is 6.54 Å². The summed E-state index contributed by atoms with van der Waals surface area (Å²) < 4.78 is 29.7. The number of halogens is 1. The Hall–Kier alpha value is -1.31. The summed E-state index contributed by atoms with van der Waals surface area (Å²) >= 11 is 6.02. The first-order valence-corrected chi connectivity index (χ1v) is 9.89. The minimum Gasteiger partial charge on any atom is -0.444 e. The number of nitrogens with one attached hydrogen (secondary N) is 1. The highest BCUT2D eigenvalue weighted by Gasteiger charge is 2.70. The van der Waals surface area contributed by atoms with Gasteiger partial charge in [0, 0.05) is 23.7 Å². The molecule has 6 nitrogen and oxygen atoms in total. The Balaban J connectivity index is 2.37. The zero-order valence-corrected chi connectivity index (χ0v) is 15.7. The average Bonchev–Trinajstić information content (AvgIpc) is 3.05. The van der Waals surface area contributed by atoms with Crippen molar-refractivity contribution in [3.8, 4) is 0 Å². The van der Waals surface area contributed by atoms with E-state index in [4.69, 9.17) is 22.1 Å². The van der Waals surface area contributed by atoms with Crippen LogP contribution in [0.4, 0.5) is 4.79 Å². The molecule has 8 heteroatoms. The second-order valence-corrected chi connectivity index (χ2v) is 9.76. The third-order valence-electron chi connectivity index (χ3n) is 4.00. The van der Waals surface area contributed by atoms with Crippen molar-refractivity contribution in [3.05, 3.63) is 34.9 Å². The Morgan fingerprint density at radius 2 is 2.04 bits per heavy atom. The Labute approximate surface area is 147 Å². The highest BCUT2D eigenvalue weighted by molar-refractivity contribution is 7.91. The van der Waals surface area contributed by atoms with E-state index in [9.17, 15) is 13.2 Å². The van der Waals surface area contributed by atoms with Crippen molar-refractivity contribution in [1.29, 1.82) is 0 Å². The van der Waals surface area contributed by atoms with Crippen LogP contribution in [0.2, 0.25) is 5.02 Å². The van der Waals surface area contributed by atoms with Crippen LogP contribution < -0.4 is 11.1 Å². The highest BCUT2D eigenvalue weighted by atomic mass is 35.5. The number of carbonyl (C=O) groups is 1. The van der Waals surface area contributed by atoms with Crippen molar-refractivity contribution < 1.29 is 17.9 Å². The molecule has 3 N–H and O–H groups in total. The maximum atomic E-state index is 12.2. The highest BCUT2D eigenvalue weighted by Crippen LogP contribution is 2.55. The van der Waals surface area contributed by atoms with Gasteiger partial charge in [-0.25, -0.2) is 13.2 Å². The lowest BCUT2D eigenvalue weighted by molar-refractivity contribution is 0.0497. The van der Waals surface area contributed by atoms with Gasteiger partial charge in [-0.05, 0) is 38.5 Å². The topological polar surface area (TPSA) is 98.5 Å². The van der Waals surface area contributed by atoms with Crippen LogP contribution in [0.5, 0.6) is 0 Å². The Morgan fingerprint density at radius 1 is 1.42 bits per heavy atom. The summed E-state index contributed by atoms with van der Waals surface area (Å²) in [5, 5.41) is 2.37. The number of amides is 1. The standard InChI is InChI=1S/C16H23ClN2O4S/c1-15(2,3)23-14(20)19-16(9-18)12(13(16)24(4,21)22)10-6-5-7-11(17)8-10/h5-8,12-13H,9,18H2,1-4H3,(H,19,20)/t12-,13+,16+/m1/s1. The fourth-order valence-corrected chi connectivity index (χ4v) is 5.22. The van der Waals surface area contributed by atoms with Gasteiger partial charge in [-0.3, -0.25) is 0 Å². The molecule has 1 aromatic carbocycles. The Kier molecular flexibility index (Phi) is 4.92. The van der Waals surface area contributed by atoms with Crippen molar-refractivity contribution in [2.75, 3.05) is 12.8 Å². The average molecular weight is 375 g/mol. The largest absolute Gasteiger partial charge is 0.444 e. The van der Waals surface area contributed by atoms with E-state index in [1.165, 1.54) is 0 Å². The van der Waals surface area contributed by atoms with Crippen molar-refractivity contribution >= 4 is 27.5 Å². The second-order valence-electron chi connectivity index (χ2n) is 7.15. The molecule has 0 heterocycles. The zero-order valence-electron chi connectivity index (χ0n) is 14.2. The van der Waals surface area contributed by atoms with Crippen LogP contribution in [0.15, 0.2) is 24.3 Å². The van der Waals surface area contributed by atoms with Gasteiger partial charge in [-0.15, -0.1) is 0 Å². The number of hydrogen-bond donors (Lipinski definition) is 2. The summed E-state index contributed by atoms with van der Waals surface area (Å²) in [5.74, 6) is -0.469. The number of alkyl carbamates (subject to hydrolysis) is 1. The lowest BCUT2D eigenvalue weighted by Crippen LogP contribution is -2.48. The quantitative estimate of drug-likeness (QED) is 0.840. The zero-order chi connectivity index (χ0) is 18.3. The molecule has 0 aromatic heterocycles. The Bertz CT molecular complexity index is 745. The molecule has 1 fully saturated rings. The molecule has 0 bridgehead atoms. The molecular weight excluding hydrogens is 352 g/mol. The molecule has 3 atom stereocenters. The molecule has 1 aliphatic carbocycles. The number of hydrogen-bond acceptors (Lipinski definition) is 5. The van der Waals surface area contributed by atoms with E-state index in [0.29, 0.717) is 5.02 Å². The minimum atomic E-state index is -3.44. The van der Waals surface area contributed by atoms with E-state index in [0.717, 1.165) is 11.8 Å². The molecule has 0 unspecified atom stereocenters. The number of benzene rings is 1. The SMILES string of the molecule is CC(C)(C)OC(=O)N[C@@]1(CN)[C@H](c2cccc(Cl)c2)[C@@H]1S(C)(=O)=O. The smallest absolute Gasteiger partial charge is 0.408 e. The van der Waals surface area contributed by atoms with Gasteiger partial charge in [0.1, 0.15) is 5.60 Å². The summed E-state index contributed by atoms with van der Waals surface area (Å²) in [6.07, 6.45) is 0.453. The molecular formula is C16H23ClN2O4S. The van der Waals surface area contributed by atoms with Gasteiger partial charge < -0.3 is 15.8 Å². The van der Waals surface area contributed by atoms with Crippen LogP contribution in [0.25, 0.3) is 0 Å². The summed E-state index contributed by atoms with van der Waals surface area (Å²) in [7, 11) is -3.44. The van der Waals surface area contributed by atoms with E-state index < -0.39 is 38.2 Å². The van der Waals surface area contributed by atoms with Crippen LogP contribution >= 0.6 is 11.6 Å². The summed E-state index contributed by atoms with van der Waals surface area (Å²) in [5.41, 5.74) is 4.80.